The average Bonchev–Trinajstić information content (AvgIpc) is 3.03. The summed E-state index contributed by atoms with van der Waals surface area (Å²) in [6, 6.07) is 15.9. The van der Waals surface area contributed by atoms with Gasteiger partial charge in [-0.1, -0.05) is 0 Å². The van der Waals surface area contributed by atoms with Crippen molar-refractivity contribution in [3.05, 3.63) is 58.2 Å². The number of hydrogen-bond donors (Lipinski definition) is 1. The number of benzene rings is 2. The Labute approximate surface area is 157 Å². The van der Waals surface area contributed by atoms with E-state index in [1.165, 1.54) is 0 Å². The van der Waals surface area contributed by atoms with Crippen molar-refractivity contribution in [2.75, 3.05) is 19.0 Å². The van der Waals surface area contributed by atoms with E-state index in [2.05, 4.69) is 11.1 Å². The Hall–Kier alpha value is -2.87. The summed E-state index contributed by atoms with van der Waals surface area (Å²) in [7, 11) is 3.96. The number of carboxylic acid groups (broad SMARTS) is 1. The van der Waals surface area contributed by atoms with Gasteiger partial charge in [-0.3, -0.25) is 0 Å². The number of carbonyl (C=O) groups is 1. The Balaban J connectivity index is 2.02. The van der Waals surface area contributed by atoms with Crippen LogP contribution in [0.5, 0.6) is 0 Å². The predicted molar refractivity (Wildman–Crippen MR) is 103 cm³/mol. The molecule has 0 aliphatic carbocycles. The first kappa shape index (κ1) is 17.9. The van der Waals surface area contributed by atoms with Crippen LogP contribution in [0.15, 0.2) is 42.5 Å². The van der Waals surface area contributed by atoms with E-state index in [-0.39, 0.29) is 14.5 Å². The molecule has 0 aliphatic rings. The van der Waals surface area contributed by atoms with Crippen LogP contribution in [-0.4, -0.2) is 44.7 Å². The summed E-state index contributed by atoms with van der Waals surface area (Å²) in [5.74, 6) is -0.917. The maximum absolute atomic E-state index is 11.3. The summed E-state index contributed by atoms with van der Waals surface area (Å²) >= 11 is -0.350. The van der Waals surface area contributed by atoms with Gasteiger partial charge in [-0.15, -0.1) is 0 Å². The Morgan fingerprint density at radius 1 is 1.15 bits per heavy atom. The van der Waals surface area contributed by atoms with Gasteiger partial charge in [-0.25, -0.2) is 0 Å². The van der Waals surface area contributed by atoms with Gasteiger partial charge in [-0.05, 0) is 0 Å². The molecule has 0 radical (unpaired) electrons. The van der Waals surface area contributed by atoms with E-state index >= 15 is 0 Å². The average molecular weight is 410 g/mol. The first-order valence-electron chi connectivity index (χ1n) is 7.93. The SMILES string of the molecule is Cc1nc(-c2ccc(-c3ccc(N(C)C)cc3)c(C#N)c2)[se]c1C(=O)O. The molecule has 1 heterocycles. The van der Waals surface area contributed by atoms with E-state index < -0.39 is 5.97 Å². The zero-order valence-electron chi connectivity index (χ0n) is 14.6. The number of aryl methyl sites for hydroxylation is 1. The van der Waals surface area contributed by atoms with E-state index in [1.807, 2.05) is 55.4 Å². The Morgan fingerprint density at radius 3 is 2.35 bits per heavy atom. The number of nitriles is 1. The van der Waals surface area contributed by atoms with Crippen LogP contribution in [0, 0.1) is 18.3 Å². The molecule has 5 nitrogen and oxygen atoms in total. The topological polar surface area (TPSA) is 77.2 Å². The fraction of sp³-hybridized carbons (Fsp3) is 0.150. The van der Waals surface area contributed by atoms with Crippen molar-refractivity contribution in [1.82, 2.24) is 4.98 Å². The van der Waals surface area contributed by atoms with Gasteiger partial charge in [0.05, 0.1) is 0 Å². The molecule has 0 unspecified atom stereocenters. The number of aromatic nitrogens is 1. The summed E-state index contributed by atoms with van der Waals surface area (Å²) in [6.45, 7) is 1.71. The molecule has 0 saturated heterocycles. The van der Waals surface area contributed by atoms with Crippen molar-refractivity contribution in [2.24, 2.45) is 0 Å². The van der Waals surface area contributed by atoms with E-state index in [0.717, 1.165) is 26.9 Å². The third-order valence-corrected chi connectivity index (χ3v) is 6.58. The van der Waals surface area contributed by atoms with Crippen molar-refractivity contribution in [3.63, 3.8) is 0 Å². The van der Waals surface area contributed by atoms with E-state index in [9.17, 15) is 15.2 Å². The Kier molecular flexibility index (Phi) is 4.94. The predicted octanol–water partition coefficient (Wildman–Crippen LogP) is 3.42. The molecular weight excluding hydrogens is 393 g/mol. The number of hydrogen-bond acceptors (Lipinski definition) is 4. The summed E-state index contributed by atoms with van der Waals surface area (Å²) in [6.07, 6.45) is 0. The van der Waals surface area contributed by atoms with Crippen molar-refractivity contribution in [2.45, 2.75) is 6.92 Å². The molecule has 1 aromatic heterocycles. The summed E-state index contributed by atoms with van der Waals surface area (Å²) in [5, 5.41) is 18.8. The van der Waals surface area contributed by atoms with Gasteiger partial charge in [0.1, 0.15) is 0 Å². The summed E-state index contributed by atoms with van der Waals surface area (Å²) in [5.41, 5.74) is 4.84. The molecule has 0 saturated carbocycles. The second-order valence-corrected chi connectivity index (χ2v) is 8.15. The zero-order chi connectivity index (χ0) is 18.8. The molecule has 3 aromatic rings. The van der Waals surface area contributed by atoms with E-state index in [1.54, 1.807) is 13.0 Å². The summed E-state index contributed by atoms with van der Waals surface area (Å²) in [4.78, 5) is 17.7. The number of aromatic carboxylic acids is 1. The molecule has 26 heavy (non-hydrogen) atoms. The van der Waals surface area contributed by atoms with Crippen LogP contribution >= 0.6 is 0 Å². The number of nitrogens with zero attached hydrogens (tertiary/aromatic N) is 3. The van der Waals surface area contributed by atoms with Gasteiger partial charge in [0.2, 0.25) is 0 Å². The molecule has 0 amide bonds. The first-order valence-corrected chi connectivity index (χ1v) is 9.65. The molecule has 3 rings (SSSR count). The van der Waals surface area contributed by atoms with Crippen molar-refractivity contribution < 1.29 is 9.90 Å². The van der Waals surface area contributed by atoms with Crippen molar-refractivity contribution >= 4 is 26.2 Å². The van der Waals surface area contributed by atoms with E-state index in [4.69, 9.17) is 0 Å². The number of anilines is 1. The second-order valence-electron chi connectivity index (χ2n) is 6.05. The van der Waals surface area contributed by atoms with Gasteiger partial charge in [0.15, 0.2) is 0 Å². The van der Waals surface area contributed by atoms with Crippen LogP contribution in [0.2, 0.25) is 0 Å². The quantitative estimate of drug-likeness (QED) is 0.667. The molecule has 0 atom stereocenters. The number of rotatable bonds is 4. The zero-order valence-corrected chi connectivity index (χ0v) is 16.4. The minimum absolute atomic E-state index is 0.350. The molecule has 6 heteroatoms. The standard InChI is InChI=1S/C20H17N3O2Se/c1-12-18(20(24)25)26-19(22-12)14-6-9-17(15(10-14)11-21)13-4-7-16(8-5-13)23(2)3/h4-10H,1-3H3,(H,24,25). The monoisotopic (exact) mass is 411 g/mol. The van der Waals surface area contributed by atoms with Gasteiger partial charge in [0, 0.05) is 0 Å². The Bertz CT molecular complexity index is 1010. The third kappa shape index (κ3) is 3.41. The van der Waals surface area contributed by atoms with Crippen LogP contribution in [0.4, 0.5) is 5.69 Å². The van der Waals surface area contributed by atoms with Gasteiger partial charge >= 0.3 is 158 Å². The van der Waals surface area contributed by atoms with Crippen molar-refractivity contribution in [1.29, 1.82) is 5.26 Å². The normalized spacial score (nSPS) is 10.4. The molecule has 0 spiro atoms. The second kappa shape index (κ2) is 7.17. The molecular formula is C20H17N3O2Se. The maximum atomic E-state index is 11.3. The van der Waals surface area contributed by atoms with E-state index in [0.29, 0.717) is 15.7 Å². The third-order valence-electron chi connectivity index (χ3n) is 4.07. The Morgan fingerprint density at radius 2 is 1.81 bits per heavy atom. The molecule has 0 bridgehead atoms. The first-order chi connectivity index (χ1) is 12.4. The summed E-state index contributed by atoms with van der Waals surface area (Å²) < 4.78 is 1.12. The molecule has 0 aliphatic heterocycles. The van der Waals surface area contributed by atoms with Gasteiger partial charge in [0.25, 0.3) is 0 Å². The van der Waals surface area contributed by atoms with Crippen LogP contribution in [0.25, 0.3) is 21.3 Å². The minimum atomic E-state index is -0.917. The fourth-order valence-corrected chi connectivity index (χ4v) is 4.57. The molecule has 2 aromatic carbocycles. The van der Waals surface area contributed by atoms with Crippen molar-refractivity contribution in [3.8, 4) is 27.3 Å². The molecule has 130 valence electrons. The molecule has 0 fully saturated rings. The van der Waals surface area contributed by atoms with Gasteiger partial charge < -0.3 is 0 Å². The fourth-order valence-electron chi connectivity index (χ4n) is 2.68. The number of carboxylic acids is 1. The van der Waals surface area contributed by atoms with Crippen LogP contribution < -0.4 is 4.90 Å². The van der Waals surface area contributed by atoms with Crippen LogP contribution in [-0.2, 0) is 0 Å². The van der Waals surface area contributed by atoms with Crippen LogP contribution in [0.1, 0.15) is 20.5 Å². The molecule has 1 N–H and O–H groups in total. The van der Waals surface area contributed by atoms with Gasteiger partial charge in [-0.2, -0.15) is 0 Å². The van der Waals surface area contributed by atoms with Crippen LogP contribution in [0.3, 0.4) is 0 Å².